The average Bonchev–Trinajstić information content (AvgIpc) is 3.69. The molecular weight excluding hydrogens is 721 g/mol. The third-order valence-electron chi connectivity index (χ3n) is 7.55. The summed E-state index contributed by atoms with van der Waals surface area (Å²) in [6.45, 7) is 2.11. The number of hydrogen-bond donors (Lipinski definition) is 0. The van der Waals surface area contributed by atoms with Gasteiger partial charge in [0.05, 0.1) is 26.7 Å². The van der Waals surface area contributed by atoms with E-state index < -0.39 is 11.6 Å². The molecule has 0 aliphatic rings. The summed E-state index contributed by atoms with van der Waals surface area (Å²) in [6, 6.07) is 32.3. The van der Waals surface area contributed by atoms with Crippen LogP contribution in [-0.4, -0.2) is 12.6 Å². The first-order chi connectivity index (χ1) is 23.2. The van der Waals surface area contributed by atoms with Crippen LogP contribution in [0.3, 0.4) is 0 Å². The van der Waals surface area contributed by atoms with Gasteiger partial charge in [0, 0.05) is 29.2 Å². The number of carbonyl (C=O) groups is 1. The Balaban J connectivity index is 0.000000182. The standard InChI is InChI=1S/C24H18ClFO3.C15H9BrClFO/c1-2-28-24(27)18-7-3-5-16(13-18)20-8-4-6-17-14-19(29-23(17)20)11-15-9-10-22(26)21(25)12-15;16-12-3-1-2-10-8-11(19-15(10)12)6-9-4-5-14(18)13(17)7-9/h3-10,12-14H,2,11H2,1H3;1-5,7-8H,6H2. The third-order valence-corrected chi connectivity index (χ3v) is 8.76. The van der Waals surface area contributed by atoms with Crippen molar-refractivity contribution in [3.05, 3.63) is 164 Å². The predicted molar refractivity (Wildman–Crippen MR) is 190 cm³/mol. The van der Waals surface area contributed by atoms with Gasteiger partial charge >= 0.3 is 5.97 Å². The molecule has 0 aliphatic heterocycles. The molecule has 0 radical (unpaired) electrons. The van der Waals surface area contributed by atoms with Gasteiger partial charge in [-0.15, -0.1) is 0 Å². The first kappa shape index (κ1) is 33.5. The van der Waals surface area contributed by atoms with Gasteiger partial charge in [0.25, 0.3) is 0 Å². The molecule has 0 fully saturated rings. The van der Waals surface area contributed by atoms with Gasteiger partial charge < -0.3 is 13.6 Å². The monoisotopic (exact) mass is 746 g/mol. The van der Waals surface area contributed by atoms with E-state index in [0.29, 0.717) is 25.0 Å². The van der Waals surface area contributed by atoms with Crippen LogP contribution in [-0.2, 0) is 17.6 Å². The number of furan rings is 2. The molecule has 9 heteroatoms. The molecule has 48 heavy (non-hydrogen) atoms. The van der Waals surface area contributed by atoms with Crippen molar-refractivity contribution < 1.29 is 27.1 Å². The van der Waals surface area contributed by atoms with Crippen molar-refractivity contribution in [2.24, 2.45) is 0 Å². The van der Waals surface area contributed by atoms with Crippen molar-refractivity contribution in [2.75, 3.05) is 6.61 Å². The Labute approximate surface area is 294 Å². The van der Waals surface area contributed by atoms with E-state index in [1.807, 2.05) is 60.7 Å². The Hall–Kier alpha value is -4.43. The molecule has 7 rings (SSSR count). The summed E-state index contributed by atoms with van der Waals surface area (Å²) >= 11 is 15.1. The summed E-state index contributed by atoms with van der Waals surface area (Å²) < 4.78 is 44.4. The molecule has 242 valence electrons. The summed E-state index contributed by atoms with van der Waals surface area (Å²) in [5.74, 6) is 0.373. The van der Waals surface area contributed by atoms with Crippen LogP contribution < -0.4 is 0 Å². The van der Waals surface area contributed by atoms with Gasteiger partial charge in [0.15, 0.2) is 0 Å². The highest BCUT2D eigenvalue weighted by Crippen LogP contribution is 2.33. The van der Waals surface area contributed by atoms with Crippen LogP contribution in [0, 0.1) is 11.6 Å². The van der Waals surface area contributed by atoms with E-state index in [2.05, 4.69) is 15.9 Å². The zero-order valence-corrected chi connectivity index (χ0v) is 28.6. The summed E-state index contributed by atoms with van der Waals surface area (Å²) in [5.41, 5.74) is 5.59. The second kappa shape index (κ2) is 14.8. The van der Waals surface area contributed by atoms with E-state index in [-0.39, 0.29) is 16.0 Å². The van der Waals surface area contributed by atoms with E-state index >= 15 is 0 Å². The quantitative estimate of drug-likeness (QED) is 0.152. The molecular formula is C39H27BrCl2F2O4. The molecule has 0 saturated carbocycles. The number of para-hydroxylation sites is 2. The van der Waals surface area contributed by atoms with E-state index in [1.165, 1.54) is 12.1 Å². The van der Waals surface area contributed by atoms with Crippen molar-refractivity contribution in [1.29, 1.82) is 0 Å². The maximum atomic E-state index is 13.4. The highest BCUT2D eigenvalue weighted by atomic mass is 79.9. The number of carbonyl (C=O) groups excluding carboxylic acids is 1. The van der Waals surface area contributed by atoms with E-state index in [4.69, 9.17) is 36.8 Å². The second-order valence-corrected chi connectivity index (χ2v) is 12.6. The Kier molecular flexibility index (Phi) is 10.3. The van der Waals surface area contributed by atoms with Gasteiger partial charge in [0.2, 0.25) is 0 Å². The normalized spacial score (nSPS) is 11.0. The van der Waals surface area contributed by atoms with Gasteiger partial charge in [-0.3, -0.25) is 0 Å². The van der Waals surface area contributed by atoms with Gasteiger partial charge in [-0.2, -0.15) is 0 Å². The SMILES string of the molecule is CCOC(=O)c1cccc(-c2cccc3cc(Cc4ccc(F)c(Cl)c4)oc23)c1.Fc1ccc(Cc2cc3cccc(Br)c3o2)cc1Cl. The zero-order chi connectivity index (χ0) is 33.8. The van der Waals surface area contributed by atoms with Crippen molar-refractivity contribution in [3.8, 4) is 11.1 Å². The van der Waals surface area contributed by atoms with Crippen molar-refractivity contribution in [1.82, 2.24) is 0 Å². The highest BCUT2D eigenvalue weighted by Gasteiger charge is 2.14. The number of rotatable bonds is 7. The predicted octanol–water partition coefficient (Wildman–Crippen LogP) is 12.2. The maximum Gasteiger partial charge on any atom is 0.338 e. The zero-order valence-electron chi connectivity index (χ0n) is 25.5. The molecule has 0 amide bonds. The van der Waals surface area contributed by atoms with Crippen molar-refractivity contribution >= 4 is 67.0 Å². The van der Waals surface area contributed by atoms with Gasteiger partial charge in [-0.1, -0.05) is 77.8 Å². The minimum atomic E-state index is -0.441. The highest BCUT2D eigenvalue weighted by molar-refractivity contribution is 9.10. The molecule has 2 aromatic heterocycles. The molecule has 0 unspecified atom stereocenters. The summed E-state index contributed by atoms with van der Waals surface area (Å²) in [5, 5.41) is 2.22. The van der Waals surface area contributed by atoms with Gasteiger partial charge in [-0.25, -0.2) is 13.6 Å². The second-order valence-electron chi connectivity index (χ2n) is 11.0. The van der Waals surface area contributed by atoms with Gasteiger partial charge in [-0.05, 0) is 94.1 Å². The fraction of sp³-hybridized carbons (Fsp3) is 0.103. The maximum absolute atomic E-state index is 13.4. The fourth-order valence-corrected chi connectivity index (χ4v) is 6.20. The van der Waals surface area contributed by atoms with Crippen LogP contribution in [0.2, 0.25) is 10.0 Å². The van der Waals surface area contributed by atoms with Crippen LogP contribution in [0.4, 0.5) is 8.78 Å². The average molecular weight is 748 g/mol. The largest absolute Gasteiger partial charge is 0.462 e. The molecule has 2 heterocycles. The molecule has 0 aliphatic carbocycles. The lowest BCUT2D eigenvalue weighted by atomic mass is 10.0. The van der Waals surface area contributed by atoms with Crippen LogP contribution in [0.25, 0.3) is 33.1 Å². The number of benzene rings is 5. The van der Waals surface area contributed by atoms with Crippen LogP contribution in [0.1, 0.15) is 39.9 Å². The third kappa shape index (κ3) is 7.65. The summed E-state index contributed by atoms with van der Waals surface area (Å²) in [6.07, 6.45) is 1.08. The molecule has 0 atom stereocenters. The summed E-state index contributed by atoms with van der Waals surface area (Å²) in [7, 11) is 0. The lowest BCUT2D eigenvalue weighted by Crippen LogP contribution is -2.04. The van der Waals surface area contributed by atoms with E-state index in [0.717, 1.165) is 60.2 Å². The van der Waals surface area contributed by atoms with Gasteiger partial charge in [0.1, 0.15) is 34.3 Å². The minimum absolute atomic E-state index is 0.0927. The lowest BCUT2D eigenvalue weighted by Gasteiger charge is -2.06. The number of ether oxygens (including phenoxy) is 1. The topological polar surface area (TPSA) is 52.6 Å². The minimum Gasteiger partial charge on any atom is -0.462 e. The number of esters is 1. The van der Waals surface area contributed by atoms with Crippen LogP contribution >= 0.6 is 39.1 Å². The van der Waals surface area contributed by atoms with Crippen molar-refractivity contribution in [2.45, 2.75) is 19.8 Å². The van der Waals surface area contributed by atoms with Crippen LogP contribution in [0.5, 0.6) is 0 Å². The number of hydrogen-bond acceptors (Lipinski definition) is 4. The molecule has 5 aromatic carbocycles. The molecule has 0 saturated heterocycles. The lowest BCUT2D eigenvalue weighted by molar-refractivity contribution is 0.0526. The Morgan fingerprint density at radius 2 is 1.27 bits per heavy atom. The number of fused-ring (bicyclic) bond motifs is 2. The Morgan fingerprint density at radius 3 is 1.85 bits per heavy atom. The van der Waals surface area contributed by atoms with E-state index in [1.54, 1.807) is 43.3 Å². The first-order valence-electron chi connectivity index (χ1n) is 15.0. The van der Waals surface area contributed by atoms with Crippen LogP contribution in [0.15, 0.2) is 123 Å². The number of halogens is 5. The molecule has 0 N–H and O–H groups in total. The Morgan fingerprint density at radius 1 is 0.708 bits per heavy atom. The summed E-state index contributed by atoms with van der Waals surface area (Å²) in [4.78, 5) is 12.1. The van der Waals surface area contributed by atoms with Crippen molar-refractivity contribution in [3.63, 3.8) is 0 Å². The molecule has 4 nitrogen and oxygen atoms in total. The Bertz CT molecular complexity index is 2260. The van der Waals surface area contributed by atoms with E-state index in [9.17, 15) is 13.6 Å². The fourth-order valence-electron chi connectivity index (χ4n) is 5.33. The molecule has 0 bridgehead atoms. The smallest absolute Gasteiger partial charge is 0.338 e. The first-order valence-corrected chi connectivity index (χ1v) is 16.6. The molecule has 0 spiro atoms. The molecule has 7 aromatic rings.